The van der Waals surface area contributed by atoms with Crippen LogP contribution in [0.25, 0.3) is 22.3 Å². The average Bonchev–Trinajstić information content (AvgIpc) is 2.98. The van der Waals surface area contributed by atoms with Crippen molar-refractivity contribution in [2.24, 2.45) is 0 Å². The molecule has 238 valence electrons. The number of carbonyl (C=O) groups is 1. The lowest BCUT2D eigenvalue weighted by Crippen LogP contribution is -2.61. The molecular formula is C27H28O17. The highest BCUT2D eigenvalue weighted by molar-refractivity contribution is 5.86. The first-order chi connectivity index (χ1) is 20.8. The van der Waals surface area contributed by atoms with E-state index in [4.69, 9.17) is 23.4 Å². The fraction of sp³-hybridized carbons (Fsp3) is 0.407. The molecule has 10 N–H and O–H groups in total. The van der Waals surface area contributed by atoms with Gasteiger partial charge in [0.2, 0.25) is 12.6 Å². The predicted molar refractivity (Wildman–Crippen MR) is 141 cm³/mol. The summed E-state index contributed by atoms with van der Waals surface area (Å²) in [7, 11) is 0. The van der Waals surface area contributed by atoms with Gasteiger partial charge in [-0.2, -0.15) is 0 Å². The third-order valence-corrected chi connectivity index (χ3v) is 7.18. The van der Waals surface area contributed by atoms with E-state index in [2.05, 4.69) is 0 Å². The van der Waals surface area contributed by atoms with Crippen LogP contribution in [0.3, 0.4) is 0 Å². The van der Waals surface area contributed by atoms with Gasteiger partial charge in [0.1, 0.15) is 71.0 Å². The summed E-state index contributed by atoms with van der Waals surface area (Å²) in [6.07, 6.45) is -17.7. The van der Waals surface area contributed by atoms with Gasteiger partial charge in [-0.15, -0.1) is 0 Å². The Kier molecular flexibility index (Phi) is 8.67. The van der Waals surface area contributed by atoms with Crippen LogP contribution < -0.4 is 14.9 Å². The summed E-state index contributed by atoms with van der Waals surface area (Å²) in [6.45, 7) is -0.716. The van der Waals surface area contributed by atoms with Gasteiger partial charge < -0.3 is 74.4 Å². The Bertz CT molecular complexity index is 1590. The first-order valence-electron chi connectivity index (χ1n) is 13.0. The van der Waals surface area contributed by atoms with Crippen LogP contribution in [0.2, 0.25) is 0 Å². The van der Waals surface area contributed by atoms with Gasteiger partial charge in [-0.3, -0.25) is 4.79 Å². The third-order valence-electron chi connectivity index (χ3n) is 7.18. The van der Waals surface area contributed by atoms with Crippen molar-refractivity contribution in [2.75, 3.05) is 6.61 Å². The second-order valence-electron chi connectivity index (χ2n) is 10.1. The number of rotatable bonds is 7. The van der Waals surface area contributed by atoms with Crippen molar-refractivity contribution in [3.63, 3.8) is 0 Å². The summed E-state index contributed by atoms with van der Waals surface area (Å²) in [5.41, 5.74) is -0.861. The molecule has 5 rings (SSSR count). The standard InChI is InChI=1S/C27H28O17/c28-7-16-18(32)19(33)22(36)27(43-16)42-14-3-8(1-2-10(14)29)13-6-12(31)17-11(30)4-9(5-15(17)41-13)40-26-23(37)20(34)21(35)24(44-26)25(38)39/h1-6,16,18-24,26-30,32-37H,7H2,(H,38,39)/t16-,18-,19+,20+,21+,22+,23-,24-,26-,27-/m1/s1. The van der Waals surface area contributed by atoms with Crippen molar-refractivity contribution in [1.29, 1.82) is 0 Å². The number of hydrogen-bond donors (Lipinski definition) is 10. The number of aliphatic carboxylic acids is 1. The van der Waals surface area contributed by atoms with Gasteiger partial charge in [-0.05, 0) is 18.2 Å². The zero-order valence-corrected chi connectivity index (χ0v) is 22.3. The maximum Gasteiger partial charge on any atom is 0.335 e. The minimum Gasteiger partial charge on any atom is -0.507 e. The number of fused-ring (bicyclic) bond motifs is 1. The van der Waals surface area contributed by atoms with Gasteiger partial charge >= 0.3 is 5.97 Å². The maximum absolute atomic E-state index is 12.9. The molecule has 2 fully saturated rings. The largest absolute Gasteiger partial charge is 0.507 e. The molecule has 0 aliphatic carbocycles. The van der Waals surface area contributed by atoms with Gasteiger partial charge in [0.05, 0.1) is 6.61 Å². The summed E-state index contributed by atoms with van der Waals surface area (Å²) in [4.78, 5) is 24.3. The molecule has 0 saturated carbocycles. The van der Waals surface area contributed by atoms with Crippen molar-refractivity contribution < 1.29 is 79.2 Å². The van der Waals surface area contributed by atoms with Crippen LogP contribution in [0, 0.1) is 0 Å². The normalized spacial score (nSPS) is 32.3. The summed E-state index contributed by atoms with van der Waals surface area (Å²) in [5.74, 6) is -3.46. The Morgan fingerprint density at radius 1 is 0.773 bits per heavy atom. The molecule has 3 heterocycles. The average molecular weight is 625 g/mol. The minimum atomic E-state index is -1.96. The number of ether oxygens (including phenoxy) is 4. The van der Waals surface area contributed by atoms with E-state index in [1.807, 2.05) is 0 Å². The van der Waals surface area contributed by atoms with E-state index in [0.717, 1.165) is 24.3 Å². The SMILES string of the molecule is O=C(O)[C@@H]1O[C@@H](Oc2cc(O)c3c(=O)cc(-c4ccc(O)c(O[C@@H]5O[C@H](CO)[C@@H](O)[C@H](O)[C@@H]5O)c4)oc3c2)[C@H](O)[C@@H](O)[C@@H]1O. The Balaban J connectivity index is 1.45. The molecule has 0 bridgehead atoms. The van der Waals surface area contributed by atoms with E-state index in [1.54, 1.807) is 0 Å². The van der Waals surface area contributed by atoms with E-state index in [1.165, 1.54) is 12.1 Å². The van der Waals surface area contributed by atoms with Gasteiger partial charge in [-0.1, -0.05) is 0 Å². The third kappa shape index (κ3) is 5.75. The molecule has 0 amide bonds. The lowest BCUT2D eigenvalue weighted by Gasteiger charge is -2.39. The van der Waals surface area contributed by atoms with Gasteiger partial charge in [0.15, 0.2) is 23.0 Å². The fourth-order valence-electron chi connectivity index (χ4n) is 4.79. The first kappa shape index (κ1) is 31.4. The molecule has 2 aliphatic rings. The number of carboxylic acids is 1. The lowest BCUT2D eigenvalue weighted by atomic mass is 9.99. The summed E-state index contributed by atoms with van der Waals surface area (Å²) >= 11 is 0. The number of benzene rings is 2. The van der Waals surface area contributed by atoms with Crippen LogP contribution in [-0.4, -0.2) is 125 Å². The second-order valence-corrected chi connectivity index (χ2v) is 10.1. The van der Waals surface area contributed by atoms with Crippen LogP contribution in [0.15, 0.2) is 45.6 Å². The molecule has 0 radical (unpaired) electrons. The van der Waals surface area contributed by atoms with Crippen LogP contribution in [0.5, 0.6) is 23.0 Å². The zero-order chi connectivity index (χ0) is 32.0. The van der Waals surface area contributed by atoms with Crippen LogP contribution in [0.1, 0.15) is 0 Å². The van der Waals surface area contributed by atoms with Crippen molar-refractivity contribution in [2.45, 2.75) is 61.4 Å². The fourth-order valence-corrected chi connectivity index (χ4v) is 4.79. The monoisotopic (exact) mass is 624 g/mol. The molecule has 1 aromatic heterocycles. The molecular weight excluding hydrogens is 596 g/mol. The van der Waals surface area contributed by atoms with Crippen molar-refractivity contribution >= 4 is 16.9 Å². The summed E-state index contributed by atoms with van der Waals surface area (Å²) < 4.78 is 27.1. The number of phenols is 2. The van der Waals surface area contributed by atoms with Crippen LogP contribution >= 0.6 is 0 Å². The van der Waals surface area contributed by atoms with Crippen molar-refractivity contribution in [3.8, 4) is 34.3 Å². The molecule has 3 aromatic rings. The van der Waals surface area contributed by atoms with Gasteiger partial charge in [0, 0.05) is 23.8 Å². The number of aromatic hydroxyl groups is 2. The minimum absolute atomic E-state index is 0.125. The smallest absolute Gasteiger partial charge is 0.335 e. The Morgan fingerprint density at radius 3 is 2.09 bits per heavy atom. The molecule has 17 heteroatoms. The Morgan fingerprint density at radius 2 is 1.43 bits per heavy atom. The summed E-state index contributed by atoms with van der Waals surface area (Å²) in [5, 5.41) is 99.6. The summed E-state index contributed by atoms with van der Waals surface area (Å²) in [6, 6.07) is 6.73. The van der Waals surface area contributed by atoms with E-state index >= 15 is 0 Å². The molecule has 44 heavy (non-hydrogen) atoms. The quantitative estimate of drug-likeness (QED) is 0.128. The zero-order valence-electron chi connectivity index (χ0n) is 22.3. The van der Waals surface area contributed by atoms with Crippen molar-refractivity contribution in [3.05, 3.63) is 46.6 Å². The number of aliphatic hydroxyl groups excluding tert-OH is 7. The maximum atomic E-state index is 12.9. The second kappa shape index (κ2) is 12.2. The lowest BCUT2D eigenvalue weighted by molar-refractivity contribution is -0.277. The van der Waals surface area contributed by atoms with Gasteiger partial charge in [-0.25, -0.2) is 4.79 Å². The van der Waals surface area contributed by atoms with Gasteiger partial charge in [0.25, 0.3) is 0 Å². The topological polar surface area (TPSA) is 286 Å². The highest BCUT2D eigenvalue weighted by Gasteiger charge is 2.48. The van der Waals surface area contributed by atoms with Crippen molar-refractivity contribution in [1.82, 2.24) is 0 Å². The number of phenolic OH excluding ortho intramolecular Hbond substituents is 2. The molecule has 2 aliphatic heterocycles. The van der Waals surface area contributed by atoms with E-state index in [9.17, 15) is 60.7 Å². The highest BCUT2D eigenvalue weighted by atomic mass is 16.7. The molecule has 10 atom stereocenters. The number of aliphatic hydroxyl groups is 7. The van der Waals surface area contributed by atoms with E-state index < -0.39 is 90.9 Å². The first-order valence-corrected chi connectivity index (χ1v) is 13.0. The van der Waals surface area contributed by atoms with Crippen LogP contribution in [-0.2, 0) is 14.3 Å². The molecule has 0 spiro atoms. The molecule has 0 unspecified atom stereocenters. The van der Waals surface area contributed by atoms with Crippen LogP contribution in [0.4, 0.5) is 0 Å². The molecule has 2 aromatic carbocycles. The Hall–Kier alpha value is -4.04. The molecule has 17 nitrogen and oxygen atoms in total. The van der Waals surface area contributed by atoms with E-state index in [0.29, 0.717) is 0 Å². The number of hydrogen-bond acceptors (Lipinski definition) is 16. The Labute approximate surface area is 245 Å². The number of carboxylic acid groups (broad SMARTS) is 1. The predicted octanol–water partition coefficient (Wildman–Crippen LogP) is -2.68. The molecule has 2 saturated heterocycles. The highest BCUT2D eigenvalue weighted by Crippen LogP contribution is 2.37. The van der Waals surface area contributed by atoms with E-state index in [-0.39, 0.29) is 33.8 Å².